The minimum absolute atomic E-state index is 0.149. The molecule has 2 aromatic heterocycles. The van der Waals surface area contributed by atoms with Crippen molar-refractivity contribution in [3.63, 3.8) is 0 Å². The maximum absolute atomic E-state index is 8.78. The van der Waals surface area contributed by atoms with Gasteiger partial charge in [-0.1, -0.05) is 5.16 Å². The zero-order chi connectivity index (χ0) is 9.97. The predicted molar refractivity (Wildman–Crippen MR) is 53.4 cm³/mol. The first-order valence-corrected chi connectivity index (χ1v) is 4.77. The first kappa shape index (κ1) is 9.36. The van der Waals surface area contributed by atoms with Crippen LogP contribution in [0.2, 0.25) is 0 Å². The quantitative estimate of drug-likeness (QED) is 0.891. The lowest BCUT2D eigenvalue weighted by atomic mass is 10.2. The molecule has 2 heterocycles. The number of pyridine rings is 1. The Balaban J connectivity index is 2.34. The number of nitrogens with zero attached hydrogens (tertiary/aromatic N) is 2. The largest absolute Gasteiger partial charge is 0.388 e. The van der Waals surface area contributed by atoms with Crippen LogP contribution in [0, 0.1) is 0 Å². The molecule has 0 saturated heterocycles. The molecule has 0 fully saturated rings. The van der Waals surface area contributed by atoms with Crippen LogP contribution < -0.4 is 0 Å². The van der Waals surface area contributed by atoms with Gasteiger partial charge >= 0.3 is 0 Å². The van der Waals surface area contributed by atoms with E-state index in [1.54, 1.807) is 12.3 Å². The molecular weight excluding hydrogens is 248 g/mol. The van der Waals surface area contributed by atoms with Crippen molar-refractivity contribution >= 4 is 15.9 Å². The highest BCUT2D eigenvalue weighted by molar-refractivity contribution is 9.10. The highest BCUT2D eigenvalue weighted by Gasteiger charge is 2.06. The van der Waals surface area contributed by atoms with Gasteiger partial charge in [-0.05, 0) is 28.1 Å². The minimum Gasteiger partial charge on any atom is -0.388 e. The number of aliphatic hydroxyl groups excluding tert-OH is 1. The fourth-order valence-electron chi connectivity index (χ4n) is 1.04. The van der Waals surface area contributed by atoms with E-state index in [1.807, 2.05) is 12.1 Å². The molecule has 0 spiro atoms. The van der Waals surface area contributed by atoms with Crippen LogP contribution in [0.15, 0.2) is 33.4 Å². The Kier molecular flexibility index (Phi) is 2.60. The molecule has 0 radical (unpaired) electrons. The van der Waals surface area contributed by atoms with E-state index in [4.69, 9.17) is 9.63 Å². The average Bonchev–Trinajstić information content (AvgIpc) is 2.67. The van der Waals surface area contributed by atoms with Crippen LogP contribution >= 0.6 is 15.9 Å². The van der Waals surface area contributed by atoms with Crippen molar-refractivity contribution in [3.05, 3.63) is 34.6 Å². The summed E-state index contributed by atoms with van der Waals surface area (Å²) in [5.74, 6) is 0.435. The van der Waals surface area contributed by atoms with E-state index in [1.165, 1.54) is 0 Å². The molecule has 2 aromatic rings. The summed E-state index contributed by atoms with van der Waals surface area (Å²) in [6, 6.07) is 5.36. The van der Waals surface area contributed by atoms with Crippen LogP contribution in [-0.4, -0.2) is 15.2 Å². The van der Waals surface area contributed by atoms with Crippen molar-refractivity contribution in [2.24, 2.45) is 0 Å². The van der Waals surface area contributed by atoms with Crippen LogP contribution in [0.25, 0.3) is 11.4 Å². The van der Waals surface area contributed by atoms with E-state index in [0.29, 0.717) is 11.5 Å². The van der Waals surface area contributed by atoms with Crippen LogP contribution in [0.4, 0.5) is 0 Å². The number of aromatic nitrogens is 2. The van der Waals surface area contributed by atoms with Crippen molar-refractivity contribution < 1.29 is 9.63 Å². The predicted octanol–water partition coefficient (Wildman–Crippen LogP) is 1.99. The zero-order valence-corrected chi connectivity index (χ0v) is 8.73. The third-order valence-corrected chi connectivity index (χ3v) is 2.17. The maximum Gasteiger partial charge on any atom is 0.162 e. The van der Waals surface area contributed by atoms with Gasteiger partial charge in [0, 0.05) is 16.7 Å². The molecule has 0 atom stereocenters. The van der Waals surface area contributed by atoms with Gasteiger partial charge in [0.15, 0.2) is 5.76 Å². The van der Waals surface area contributed by atoms with Gasteiger partial charge in [0.25, 0.3) is 0 Å². The molecule has 0 aliphatic carbocycles. The lowest BCUT2D eigenvalue weighted by Crippen LogP contribution is -1.81. The van der Waals surface area contributed by atoms with Gasteiger partial charge < -0.3 is 9.63 Å². The van der Waals surface area contributed by atoms with E-state index < -0.39 is 0 Å². The highest BCUT2D eigenvalue weighted by Crippen LogP contribution is 2.18. The van der Waals surface area contributed by atoms with E-state index >= 15 is 0 Å². The molecule has 0 aliphatic heterocycles. The molecule has 72 valence electrons. The second kappa shape index (κ2) is 3.89. The van der Waals surface area contributed by atoms with Crippen molar-refractivity contribution in [2.75, 3.05) is 0 Å². The first-order chi connectivity index (χ1) is 6.79. The molecule has 2 rings (SSSR count). The first-order valence-electron chi connectivity index (χ1n) is 3.98. The molecular formula is C9H7BrN2O2. The summed E-state index contributed by atoms with van der Waals surface area (Å²) in [6.45, 7) is -0.149. The third-order valence-electron chi connectivity index (χ3n) is 1.70. The molecule has 0 aromatic carbocycles. The lowest BCUT2D eigenvalue weighted by Gasteiger charge is -1.93. The van der Waals surface area contributed by atoms with E-state index in [9.17, 15) is 0 Å². The summed E-state index contributed by atoms with van der Waals surface area (Å²) in [6.07, 6.45) is 1.68. The summed E-state index contributed by atoms with van der Waals surface area (Å²) in [7, 11) is 0. The average molecular weight is 255 g/mol. The molecule has 0 aliphatic rings. The molecule has 0 saturated carbocycles. The topological polar surface area (TPSA) is 59.2 Å². The molecule has 4 nitrogen and oxygen atoms in total. The number of halogens is 1. The molecule has 1 N–H and O–H groups in total. The summed E-state index contributed by atoms with van der Waals surface area (Å²) in [4.78, 5) is 4.15. The fourth-order valence-corrected chi connectivity index (χ4v) is 1.27. The van der Waals surface area contributed by atoms with Gasteiger partial charge in [-0.15, -0.1) is 0 Å². The smallest absolute Gasteiger partial charge is 0.162 e. The Labute approximate surface area is 88.7 Å². The second-order valence-electron chi connectivity index (χ2n) is 2.70. The Bertz CT molecular complexity index is 425. The van der Waals surface area contributed by atoms with E-state index in [-0.39, 0.29) is 6.61 Å². The van der Waals surface area contributed by atoms with Crippen molar-refractivity contribution in [1.29, 1.82) is 0 Å². The van der Waals surface area contributed by atoms with Gasteiger partial charge in [0.1, 0.15) is 12.3 Å². The zero-order valence-electron chi connectivity index (χ0n) is 7.14. The molecule has 5 heteroatoms. The third kappa shape index (κ3) is 1.83. The van der Waals surface area contributed by atoms with Gasteiger partial charge in [0.2, 0.25) is 0 Å². The van der Waals surface area contributed by atoms with Gasteiger partial charge in [-0.25, -0.2) is 0 Å². The van der Waals surface area contributed by atoms with E-state index in [2.05, 4.69) is 26.1 Å². The fraction of sp³-hybridized carbons (Fsp3) is 0.111. The summed E-state index contributed by atoms with van der Waals surface area (Å²) >= 11 is 3.29. The van der Waals surface area contributed by atoms with Crippen LogP contribution in [-0.2, 0) is 6.61 Å². The molecule has 0 bridgehead atoms. The van der Waals surface area contributed by atoms with Crippen molar-refractivity contribution in [2.45, 2.75) is 6.61 Å². The minimum atomic E-state index is -0.149. The van der Waals surface area contributed by atoms with Gasteiger partial charge in [-0.3, -0.25) is 4.98 Å². The van der Waals surface area contributed by atoms with Crippen LogP contribution in [0.3, 0.4) is 0 Å². The highest BCUT2D eigenvalue weighted by atomic mass is 79.9. The lowest BCUT2D eigenvalue weighted by molar-refractivity contribution is 0.229. The Morgan fingerprint density at radius 3 is 2.79 bits per heavy atom. The number of hydrogen-bond acceptors (Lipinski definition) is 4. The summed E-state index contributed by atoms with van der Waals surface area (Å²) < 4.78 is 5.76. The normalized spacial score (nSPS) is 10.4. The number of aliphatic hydroxyl groups is 1. The Hall–Kier alpha value is -1.20. The number of rotatable bonds is 2. The maximum atomic E-state index is 8.78. The van der Waals surface area contributed by atoms with Crippen molar-refractivity contribution in [3.8, 4) is 11.4 Å². The molecule has 14 heavy (non-hydrogen) atoms. The van der Waals surface area contributed by atoms with Crippen LogP contribution in [0.1, 0.15) is 5.76 Å². The Morgan fingerprint density at radius 2 is 2.21 bits per heavy atom. The standard InChI is InChI=1S/C9H7BrN2O2/c10-6-1-2-8(11-4-6)9-3-7(5-13)14-12-9/h1-4,13H,5H2. The van der Waals surface area contributed by atoms with Crippen LogP contribution in [0.5, 0.6) is 0 Å². The van der Waals surface area contributed by atoms with E-state index in [0.717, 1.165) is 10.2 Å². The number of hydrogen-bond donors (Lipinski definition) is 1. The second-order valence-corrected chi connectivity index (χ2v) is 3.61. The SMILES string of the molecule is OCc1cc(-c2ccc(Br)cn2)no1. The Morgan fingerprint density at radius 1 is 1.36 bits per heavy atom. The summed E-state index contributed by atoms with van der Waals surface area (Å²) in [5.41, 5.74) is 1.35. The van der Waals surface area contributed by atoms with Gasteiger partial charge in [0.05, 0.1) is 5.69 Å². The summed E-state index contributed by atoms with van der Waals surface area (Å²) in [5, 5.41) is 12.6. The molecule has 0 unspecified atom stereocenters. The van der Waals surface area contributed by atoms with Crippen molar-refractivity contribution in [1.82, 2.24) is 10.1 Å². The molecule has 0 amide bonds. The van der Waals surface area contributed by atoms with Gasteiger partial charge in [-0.2, -0.15) is 0 Å². The monoisotopic (exact) mass is 254 g/mol.